The number of nitrogens with zero attached hydrogens (tertiary/aromatic N) is 3. The summed E-state index contributed by atoms with van der Waals surface area (Å²) in [7, 11) is 1.62. The van der Waals surface area contributed by atoms with Crippen LogP contribution in [0.4, 0.5) is 5.95 Å². The smallest absolute Gasteiger partial charge is 0.306 e. The molecule has 0 spiro atoms. The Bertz CT molecular complexity index is 1020. The summed E-state index contributed by atoms with van der Waals surface area (Å²) >= 11 is 0. The van der Waals surface area contributed by atoms with Crippen LogP contribution in [-0.4, -0.2) is 39.3 Å². The van der Waals surface area contributed by atoms with E-state index in [2.05, 4.69) is 20.4 Å². The van der Waals surface area contributed by atoms with Gasteiger partial charge < -0.3 is 14.8 Å². The number of methoxy groups -OCH3 is 1. The molecule has 3 aromatic rings. The van der Waals surface area contributed by atoms with Crippen molar-refractivity contribution in [2.24, 2.45) is 0 Å². The van der Waals surface area contributed by atoms with E-state index in [0.717, 1.165) is 11.3 Å². The summed E-state index contributed by atoms with van der Waals surface area (Å²) in [5.41, 5.74) is 1.79. The van der Waals surface area contributed by atoms with E-state index in [1.54, 1.807) is 21.0 Å². The van der Waals surface area contributed by atoms with E-state index in [1.807, 2.05) is 24.3 Å². The number of nitrogens with one attached hydrogen (secondary N) is 2. The van der Waals surface area contributed by atoms with Crippen LogP contribution in [-0.2, 0) is 22.5 Å². The maximum Gasteiger partial charge on any atom is 0.306 e. The van der Waals surface area contributed by atoms with Gasteiger partial charge in [0.05, 0.1) is 19.4 Å². The molecule has 1 aromatic carbocycles. The van der Waals surface area contributed by atoms with Gasteiger partial charge in [-0.15, -0.1) is 0 Å². The molecule has 2 N–H and O–H groups in total. The Kier molecular flexibility index (Phi) is 5.93. The molecule has 0 aliphatic rings. The average Bonchev–Trinajstić information content (AvgIpc) is 3.10. The van der Waals surface area contributed by atoms with Crippen molar-refractivity contribution in [3.8, 4) is 5.75 Å². The first-order chi connectivity index (χ1) is 13.5. The molecule has 0 unspecified atom stereocenters. The maximum absolute atomic E-state index is 12.7. The maximum atomic E-state index is 12.7. The number of anilines is 1. The zero-order chi connectivity index (χ0) is 20.1. The van der Waals surface area contributed by atoms with E-state index in [4.69, 9.17) is 9.47 Å². The molecule has 0 aliphatic heterocycles. The quantitative estimate of drug-likeness (QED) is 0.569. The lowest BCUT2D eigenvalue weighted by atomic mass is 10.1. The van der Waals surface area contributed by atoms with Gasteiger partial charge in [-0.3, -0.25) is 14.7 Å². The molecular weight excluding hydrogens is 362 g/mol. The van der Waals surface area contributed by atoms with Crippen molar-refractivity contribution in [1.29, 1.82) is 0 Å². The van der Waals surface area contributed by atoms with Crippen molar-refractivity contribution in [2.75, 3.05) is 19.0 Å². The first-order valence-electron chi connectivity index (χ1n) is 9.02. The Morgan fingerprint density at radius 3 is 2.68 bits per heavy atom. The molecule has 0 fully saturated rings. The van der Waals surface area contributed by atoms with Crippen LogP contribution in [0, 0.1) is 6.92 Å². The molecule has 9 nitrogen and oxygen atoms in total. The van der Waals surface area contributed by atoms with Crippen molar-refractivity contribution < 1.29 is 14.3 Å². The Balaban J connectivity index is 1.76. The number of rotatable bonds is 8. The van der Waals surface area contributed by atoms with E-state index in [1.165, 1.54) is 4.52 Å². The molecule has 9 heteroatoms. The van der Waals surface area contributed by atoms with Gasteiger partial charge in [0, 0.05) is 18.5 Å². The number of aromatic nitrogens is 4. The number of carbonyl (C=O) groups excluding carboxylic acids is 1. The summed E-state index contributed by atoms with van der Waals surface area (Å²) in [6.45, 7) is 4.32. The third kappa shape index (κ3) is 4.30. The van der Waals surface area contributed by atoms with Gasteiger partial charge in [-0.2, -0.15) is 9.50 Å². The predicted octanol–water partition coefficient (Wildman–Crippen LogP) is 1.84. The van der Waals surface area contributed by atoms with Crippen molar-refractivity contribution in [2.45, 2.75) is 33.2 Å². The summed E-state index contributed by atoms with van der Waals surface area (Å²) in [5, 5.41) is 6.06. The van der Waals surface area contributed by atoms with Crippen LogP contribution in [0.5, 0.6) is 5.75 Å². The number of carbonyl (C=O) groups is 1. The molecule has 0 atom stereocenters. The first-order valence-corrected chi connectivity index (χ1v) is 9.02. The molecule has 0 amide bonds. The van der Waals surface area contributed by atoms with Crippen LogP contribution in [0.1, 0.15) is 30.2 Å². The molecule has 0 saturated heterocycles. The third-order valence-corrected chi connectivity index (χ3v) is 4.30. The lowest BCUT2D eigenvalue weighted by Crippen LogP contribution is -2.23. The SMILES string of the molecule is CCOC(=O)CCc1c(C)nc2nc(NCc3ccc(OC)cc3)[nH]n2c1=O. The number of benzene rings is 1. The lowest BCUT2D eigenvalue weighted by molar-refractivity contribution is -0.143. The van der Waals surface area contributed by atoms with Gasteiger partial charge in [-0.25, -0.2) is 4.98 Å². The number of esters is 1. The second-order valence-corrected chi connectivity index (χ2v) is 6.20. The minimum Gasteiger partial charge on any atom is -0.497 e. The topological polar surface area (TPSA) is 111 Å². The number of aryl methyl sites for hydroxylation is 1. The fourth-order valence-corrected chi connectivity index (χ4v) is 2.81. The average molecular weight is 385 g/mol. The number of aromatic amines is 1. The van der Waals surface area contributed by atoms with E-state index < -0.39 is 0 Å². The highest BCUT2D eigenvalue weighted by molar-refractivity contribution is 5.69. The molecule has 0 bridgehead atoms. The second-order valence-electron chi connectivity index (χ2n) is 6.20. The highest BCUT2D eigenvalue weighted by atomic mass is 16.5. The summed E-state index contributed by atoms with van der Waals surface area (Å²) in [6, 6.07) is 7.63. The Hall–Kier alpha value is -3.36. The normalized spacial score (nSPS) is 10.8. The number of hydrogen-bond donors (Lipinski definition) is 2. The molecule has 0 aliphatic carbocycles. The third-order valence-electron chi connectivity index (χ3n) is 4.30. The van der Waals surface area contributed by atoms with E-state index in [0.29, 0.717) is 30.4 Å². The highest BCUT2D eigenvalue weighted by Gasteiger charge is 2.15. The summed E-state index contributed by atoms with van der Waals surface area (Å²) < 4.78 is 11.3. The number of fused-ring (bicyclic) bond motifs is 1. The summed E-state index contributed by atoms with van der Waals surface area (Å²) in [4.78, 5) is 33.0. The van der Waals surface area contributed by atoms with Crippen molar-refractivity contribution in [1.82, 2.24) is 19.6 Å². The van der Waals surface area contributed by atoms with Gasteiger partial charge in [0.2, 0.25) is 5.95 Å². The Morgan fingerprint density at radius 1 is 1.25 bits per heavy atom. The summed E-state index contributed by atoms with van der Waals surface area (Å²) in [6.07, 6.45) is 0.404. The van der Waals surface area contributed by atoms with Crippen LogP contribution in [0.25, 0.3) is 5.78 Å². The molecule has 0 saturated carbocycles. The molecule has 3 rings (SSSR count). The van der Waals surface area contributed by atoms with Crippen molar-refractivity contribution in [3.05, 3.63) is 51.4 Å². The van der Waals surface area contributed by atoms with Crippen molar-refractivity contribution in [3.63, 3.8) is 0 Å². The van der Waals surface area contributed by atoms with Gasteiger partial charge in [0.1, 0.15) is 5.75 Å². The van der Waals surface area contributed by atoms with Crippen LogP contribution in [0.3, 0.4) is 0 Å². The number of hydrogen-bond acceptors (Lipinski definition) is 7. The van der Waals surface area contributed by atoms with Crippen LogP contribution in [0.2, 0.25) is 0 Å². The molecule has 28 heavy (non-hydrogen) atoms. The molecule has 148 valence electrons. The van der Waals surface area contributed by atoms with E-state index in [-0.39, 0.29) is 30.1 Å². The van der Waals surface area contributed by atoms with Crippen molar-refractivity contribution >= 4 is 17.7 Å². The molecular formula is C19H23N5O4. The molecule has 2 heterocycles. The summed E-state index contributed by atoms with van der Waals surface area (Å²) in [5.74, 6) is 1.16. The Morgan fingerprint density at radius 2 is 2.00 bits per heavy atom. The van der Waals surface area contributed by atoms with Gasteiger partial charge >= 0.3 is 5.97 Å². The zero-order valence-electron chi connectivity index (χ0n) is 16.1. The minimum absolute atomic E-state index is 0.133. The monoisotopic (exact) mass is 385 g/mol. The van der Waals surface area contributed by atoms with Gasteiger partial charge in [-0.05, 0) is 38.0 Å². The fraction of sp³-hybridized carbons (Fsp3) is 0.368. The van der Waals surface area contributed by atoms with E-state index in [9.17, 15) is 9.59 Å². The fourth-order valence-electron chi connectivity index (χ4n) is 2.81. The van der Waals surface area contributed by atoms with Gasteiger partial charge in [0.15, 0.2) is 0 Å². The number of H-pyrrole nitrogens is 1. The first kappa shape index (κ1) is 19.4. The van der Waals surface area contributed by atoms with Gasteiger partial charge in [-0.1, -0.05) is 12.1 Å². The Labute approximate surface area is 161 Å². The standard InChI is InChI=1S/C19H23N5O4/c1-4-28-16(25)10-9-15-12(2)21-19-22-18(23-24(19)17(15)26)20-11-13-5-7-14(27-3)8-6-13/h5-8H,4,9-11H2,1-3H3,(H2,20,21,22,23). The second kappa shape index (κ2) is 8.55. The lowest BCUT2D eigenvalue weighted by Gasteiger charge is -2.05. The minimum atomic E-state index is -0.335. The number of ether oxygens (including phenoxy) is 2. The predicted molar refractivity (Wildman–Crippen MR) is 104 cm³/mol. The van der Waals surface area contributed by atoms with Crippen LogP contribution < -0.4 is 15.6 Å². The largest absolute Gasteiger partial charge is 0.497 e. The highest BCUT2D eigenvalue weighted by Crippen LogP contribution is 2.13. The van der Waals surface area contributed by atoms with Crippen LogP contribution >= 0.6 is 0 Å². The molecule has 0 radical (unpaired) electrons. The van der Waals surface area contributed by atoms with E-state index >= 15 is 0 Å². The van der Waals surface area contributed by atoms with Gasteiger partial charge in [0.25, 0.3) is 11.3 Å². The zero-order valence-corrected chi connectivity index (χ0v) is 16.1. The molecule has 2 aromatic heterocycles. The van der Waals surface area contributed by atoms with Crippen LogP contribution in [0.15, 0.2) is 29.1 Å².